The normalized spacial score (nSPS) is 28.3. The lowest BCUT2D eigenvalue weighted by Gasteiger charge is -2.26. The number of hydrogen-bond donors (Lipinski definition) is 0. The Morgan fingerprint density at radius 3 is 2.73 bits per heavy atom. The number of rotatable bonds is 0. The van der Waals surface area contributed by atoms with Crippen LogP contribution in [0.25, 0.3) is 0 Å². The van der Waals surface area contributed by atoms with Crippen molar-refractivity contribution < 1.29 is 4.84 Å². The van der Waals surface area contributed by atoms with Crippen molar-refractivity contribution in [2.75, 3.05) is 11.5 Å². The minimum absolute atomic E-state index is 0.134. The lowest BCUT2D eigenvalue weighted by atomic mass is 9.92. The van der Waals surface area contributed by atoms with Crippen LogP contribution in [0.1, 0.15) is 26.2 Å². The SMILES string of the molecule is CC1=NOC2(CC[SH+]CC2)C1. The molecule has 2 heterocycles. The van der Waals surface area contributed by atoms with Crippen molar-refractivity contribution in [1.82, 2.24) is 0 Å². The van der Waals surface area contributed by atoms with Crippen LogP contribution in [0.2, 0.25) is 0 Å². The van der Waals surface area contributed by atoms with E-state index in [4.69, 9.17) is 4.84 Å². The van der Waals surface area contributed by atoms with Crippen LogP contribution in [0, 0.1) is 0 Å². The molecule has 0 aliphatic carbocycles. The summed E-state index contributed by atoms with van der Waals surface area (Å²) in [6.07, 6.45) is 3.48. The van der Waals surface area contributed by atoms with Gasteiger partial charge in [-0.2, -0.15) is 0 Å². The average Bonchev–Trinajstić information content (AvgIpc) is 2.34. The van der Waals surface area contributed by atoms with Gasteiger partial charge in [0.2, 0.25) is 0 Å². The molecule has 62 valence electrons. The van der Waals surface area contributed by atoms with Crippen LogP contribution in [0.15, 0.2) is 5.16 Å². The molecule has 0 saturated carbocycles. The van der Waals surface area contributed by atoms with E-state index in [9.17, 15) is 0 Å². The third-order valence-electron chi connectivity index (χ3n) is 2.42. The maximum atomic E-state index is 5.48. The minimum Gasteiger partial charge on any atom is -0.388 e. The van der Waals surface area contributed by atoms with Crippen LogP contribution >= 0.6 is 0 Å². The molecule has 0 radical (unpaired) electrons. The van der Waals surface area contributed by atoms with Gasteiger partial charge in [-0.05, 0) is 18.7 Å². The fourth-order valence-electron chi connectivity index (χ4n) is 1.78. The Labute approximate surface area is 71.4 Å². The first-order chi connectivity index (χ1) is 5.31. The van der Waals surface area contributed by atoms with Crippen LogP contribution in [-0.4, -0.2) is 22.8 Å². The molecule has 2 nitrogen and oxygen atoms in total. The fraction of sp³-hybridized carbons (Fsp3) is 0.875. The molecule has 0 bridgehead atoms. The number of thiol groups is 1. The van der Waals surface area contributed by atoms with Gasteiger partial charge >= 0.3 is 0 Å². The van der Waals surface area contributed by atoms with Crippen molar-refractivity contribution in [2.24, 2.45) is 5.16 Å². The van der Waals surface area contributed by atoms with Gasteiger partial charge in [0.15, 0.2) is 5.60 Å². The van der Waals surface area contributed by atoms with Gasteiger partial charge < -0.3 is 4.84 Å². The molecule has 0 aromatic carbocycles. The van der Waals surface area contributed by atoms with Gasteiger partial charge in [-0.3, -0.25) is 0 Å². The van der Waals surface area contributed by atoms with E-state index in [-0.39, 0.29) is 5.60 Å². The fourth-order valence-corrected chi connectivity index (χ4v) is 3.13. The number of hydrogen-bond acceptors (Lipinski definition) is 2. The van der Waals surface area contributed by atoms with E-state index < -0.39 is 0 Å². The monoisotopic (exact) mass is 172 g/mol. The Bertz CT molecular complexity index is 185. The van der Waals surface area contributed by atoms with Crippen molar-refractivity contribution in [3.63, 3.8) is 0 Å². The second-order valence-corrected chi connectivity index (χ2v) is 4.79. The molecule has 0 atom stereocenters. The lowest BCUT2D eigenvalue weighted by molar-refractivity contribution is -0.0246. The highest BCUT2D eigenvalue weighted by Gasteiger charge is 2.41. The van der Waals surface area contributed by atoms with Crippen molar-refractivity contribution in [3.05, 3.63) is 0 Å². The molecule has 0 amide bonds. The first kappa shape index (κ1) is 7.47. The van der Waals surface area contributed by atoms with Gasteiger partial charge in [0, 0.05) is 19.3 Å². The Hall–Kier alpha value is -0.180. The van der Waals surface area contributed by atoms with Gasteiger partial charge in [0.05, 0.1) is 5.71 Å². The van der Waals surface area contributed by atoms with Crippen molar-refractivity contribution in [1.29, 1.82) is 0 Å². The second kappa shape index (κ2) is 2.70. The van der Waals surface area contributed by atoms with Crippen LogP contribution in [0.3, 0.4) is 0 Å². The third-order valence-corrected chi connectivity index (χ3v) is 3.50. The van der Waals surface area contributed by atoms with E-state index in [0.717, 1.165) is 6.42 Å². The predicted octanol–water partition coefficient (Wildman–Crippen LogP) is 1.13. The first-order valence-corrected chi connectivity index (χ1v) is 5.42. The molecule has 11 heavy (non-hydrogen) atoms. The van der Waals surface area contributed by atoms with Gasteiger partial charge in [0.1, 0.15) is 11.5 Å². The Morgan fingerprint density at radius 2 is 2.18 bits per heavy atom. The molecule has 0 N–H and O–H groups in total. The van der Waals surface area contributed by atoms with Crippen molar-refractivity contribution in [2.45, 2.75) is 31.8 Å². The summed E-state index contributed by atoms with van der Waals surface area (Å²) in [5.74, 6) is 2.59. The van der Waals surface area contributed by atoms with E-state index in [1.165, 1.54) is 30.1 Å². The van der Waals surface area contributed by atoms with Crippen LogP contribution in [-0.2, 0) is 16.6 Å². The molecule has 0 aromatic heterocycles. The standard InChI is InChI=1S/C8H13NOS/c1-7-6-8(10-9-7)2-4-11-5-3-8/h2-6H2,1H3/p+1. The zero-order chi connectivity index (χ0) is 7.73. The predicted molar refractivity (Wildman–Crippen MR) is 49.3 cm³/mol. The molecular weight excluding hydrogens is 158 g/mol. The summed E-state index contributed by atoms with van der Waals surface area (Å²) < 4.78 is 0. The molecular formula is C8H14NOS+. The molecule has 2 aliphatic rings. The highest BCUT2D eigenvalue weighted by atomic mass is 32.2. The average molecular weight is 172 g/mol. The summed E-state index contributed by atoms with van der Waals surface area (Å²) in [6, 6.07) is 0. The smallest absolute Gasteiger partial charge is 0.152 e. The number of oxime groups is 1. The van der Waals surface area contributed by atoms with Crippen molar-refractivity contribution in [3.8, 4) is 0 Å². The zero-order valence-electron chi connectivity index (χ0n) is 6.84. The molecule has 0 unspecified atom stereocenters. The highest BCUT2D eigenvalue weighted by molar-refractivity contribution is 7.78. The van der Waals surface area contributed by atoms with E-state index in [1.54, 1.807) is 11.8 Å². The summed E-state index contributed by atoms with van der Waals surface area (Å²) in [7, 11) is 0. The van der Waals surface area contributed by atoms with Crippen LogP contribution in [0.4, 0.5) is 0 Å². The van der Waals surface area contributed by atoms with E-state index in [1.807, 2.05) is 0 Å². The number of nitrogens with zero attached hydrogens (tertiary/aromatic N) is 1. The molecule has 3 heteroatoms. The summed E-state index contributed by atoms with van der Waals surface area (Å²) in [6.45, 7) is 2.06. The highest BCUT2D eigenvalue weighted by Crippen LogP contribution is 2.33. The van der Waals surface area contributed by atoms with E-state index in [0.29, 0.717) is 0 Å². The maximum absolute atomic E-state index is 5.48. The van der Waals surface area contributed by atoms with Crippen LogP contribution in [0.5, 0.6) is 0 Å². The van der Waals surface area contributed by atoms with Gasteiger partial charge in [-0.1, -0.05) is 5.16 Å². The molecule has 1 saturated heterocycles. The minimum atomic E-state index is 0.134. The first-order valence-electron chi connectivity index (χ1n) is 4.16. The Morgan fingerprint density at radius 1 is 1.45 bits per heavy atom. The lowest BCUT2D eigenvalue weighted by Crippen LogP contribution is -2.35. The Kier molecular flexibility index (Phi) is 1.83. The third kappa shape index (κ3) is 1.39. The summed E-state index contributed by atoms with van der Waals surface area (Å²) >= 11 is 1.59. The van der Waals surface area contributed by atoms with Gasteiger partial charge in [0.25, 0.3) is 0 Å². The van der Waals surface area contributed by atoms with Crippen molar-refractivity contribution >= 4 is 17.5 Å². The molecule has 1 fully saturated rings. The van der Waals surface area contributed by atoms with Gasteiger partial charge in [-0.15, -0.1) is 0 Å². The molecule has 1 spiro atoms. The molecule has 2 aliphatic heterocycles. The molecule has 2 rings (SSSR count). The largest absolute Gasteiger partial charge is 0.388 e. The van der Waals surface area contributed by atoms with Crippen LogP contribution < -0.4 is 0 Å². The molecule has 0 aromatic rings. The summed E-state index contributed by atoms with van der Waals surface area (Å²) in [5.41, 5.74) is 1.30. The summed E-state index contributed by atoms with van der Waals surface area (Å²) in [4.78, 5) is 5.48. The second-order valence-electron chi connectivity index (χ2n) is 3.45. The van der Waals surface area contributed by atoms with E-state index in [2.05, 4.69) is 12.1 Å². The summed E-state index contributed by atoms with van der Waals surface area (Å²) in [5, 5.41) is 4.03. The van der Waals surface area contributed by atoms with E-state index >= 15 is 0 Å². The van der Waals surface area contributed by atoms with Gasteiger partial charge in [-0.25, -0.2) is 0 Å². The zero-order valence-corrected chi connectivity index (χ0v) is 7.73. The Balaban J connectivity index is 2.01. The maximum Gasteiger partial charge on any atom is 0.152 e. The topological polar surface area (TPSA) is 21.6 Å². The quantitative estimate of drug-likeness (QED) is 0.396.